The third kappa shape index (κ3) is 13.3. The van der Waals surface area contributed by atoms with Gasteiger partial charge in [-0.1, -0.05) is 91.0 Å². The van der Waals surface area contributed by atoms with E-state index in [2.05, 4.69) is 21.3 Å². The number of benzene rings is 3. The zero-order valence-electron chi connectivity index (χ0n) is 28.4. The Morgan fingerprint density at radius 3 is 1.85 bits per heavy atom. The maximum absolute atomic E-state index is 14.4. The highest BCUT2D eigenvalue weighted by molar-refractivity contribution is 6.03. The standard InChI is InChI=1S/C36H43N7O9/c37-20-31(46)40-21-32(47)41-28(22-44)33(48)42-27(19-30(38)45)35(50)43(36(51)52-23-26-14-8-3-9-15-26)29(18-25-12-6-2-7-13-25)34(49)39-17-16-24-10-4-1-5-11-24/h1-15,27-29,44H,16-23,37H2,(H2,38,45)(H,39,49)(H,40,46)(H,41,47)(H,42,48)/t27-,28-,29-/m0/s1. The van der Waals surface area contributed by atoms with Gasteiger partial charge in [-0.25, -0.2) is 9.69 Å². The fourth-order valence-corrected chi connectivity index (χ4v) is 4.92. The van der Waals surface area contributed by atoms with Gasteiger partial charge in [0.15, 0.2) is 0 Å². The summed E-state index contributed by atoms with van der Waals surface area (Å²) in [5.41, 5.74) is 12.7. The van der Waals surface area contributed by atoms with Gasteiger partial charge in [0.2, 0.25) is 29.5 Å². The van der Waals surface area contributed by atoms with E-state index in [4.69, 9.17) is 16.2 Å². The number of nitrogens with two attached hydrogens (primary N) is 2. The zero-order chi connectivity index (χ0) is 37.9. The molecule has 0 spiro atoms. The highest BCUT2D eigenvalue weighted by atomic mass is 16.6. The number of hydrogen-bond acceptors (Lipinski definition) is 10. The molecular formula is C36H43N7O9. The van der Waals surface area contributed by atoms with Gasteiger partial charge in [0.1, 0.15) is 24.7 Å². The lowest BCUT2D eigenvalue weighted by molar-refractivity contribution is -0.143. The first-order valence-corrected chi connectivity index (χ1v) is 16.4. The van der Waals surface area contributed by atoms with Gasteiger partial charge in [-0.05, 0) is 23.1 Å². The number of hydrogen-bond donors (Lipinski definition) is 7. The lowest BCUT2D eigenvalue weighted by Gasteiger charge is -2.32. The molecule has 3 aromatic carbocycles. The molecule has 0 aliphatic carbocycles. The molecule has 0 saturated heterocycles. The van der Waals surface area contributed by atoms with Crippen LogP contribution in [-0.2, 0) is 53.0 Å². The number of rotatable bonds is 19. The Balaban J connectivity index is 1.95. The first kappa shape index (κ1) is 40.3. The Morgan fingerprint density at radius 1 is 0.712 bits per heavy atom. The van der Waals surface area contributed by atoms with Gasteiger partial charge in [0.05, 0.1) is 26.1 Å². The molecule has 0 radical (unpaired) electrons. The number of carbonyl (C=O) groups excluding carboxylic acids is 7. The lowest BCUT2D eigenvalue weighted by atomic mass is 10.0. The summed E-state index contributed by atoms with van der Waals surface area (Å²) in [6.45, 7) is -2.08. The normalized spacial score (nSPS) is 12.3. The van der Waals surface area contributed by atoms with Gasteiger partial charge in [0, 0.05) is 13.0 Å². The number of aliphatic hydroxyl groups excluding tert-OH is 1. The van der Waals surface area contributed by atoms with Crippen LogP contribution in [-0.4, -0.2) is 95.9 Å². The third-order valence-electron chi connectivity index (χ3n) is 7.57. The summed E-state index contributed by atoms with van der Waals surface area (Å²) in [6.07, 6.45) is -1.83. The van der Waals surface area contributed by atoms with E-state index < -0.39 is 85.8 Å². The average molecular weight is 718 g/mol. The van der Waals surface area contributed by atoms with Crippen molar-refractivity contribution in [1.82, 2.24) is 26.2 Å². The fraction of sp³-hybridized carbons (Fsp3) is 0.306. The molecule has 7 amide bonds. The maximum atomic E-state index is 14.4. The van der Waals surface area contributed by atoms with E-state index >= 15 is 0 Å². The largest absolute Gasteiger partial charge is 0.444 e. The molecule has 16 nitrogen and oxygen atoms in total. The first-order chi connectivity index (χ1) is 25.0. The van der Waals surface area contributed by atoms with Crippen molar-refractivity contribution in [2.45, 2.75) is 44.0 Å². The minimum atomic E-state index is -1.85. The molecule has 52 heavy (non-hydrogen) atoms. The second-order valence-corrected chi connectivity index (χ2v) is 11.5. The van der Waals surface area contributed by atoms with Crippen molar-refractivity contribution in [2.75, 3.05) is 26.2 Å². The number of carbonyl (C=O) groups is 7. The summed E-state index contributed by atoms with van der Waals surface area (Å²) < 4.78 is 5.51. The minimum Gasteiger partial charge on any atom is -0.444 e. The third-order valence-corrected chi connectivity index (χ3v) is 7.57. The molecule has 3 aromatic rings. The van der Waals surface area contributed by atoms with E-state index in [-0.39, 0.29) is 19.6 Å². The predicted octanol–water partition coefficient (Wildman–Crippen LogP) is -0.966. The Morgan fingerprint density at radius 2 is 1.29 bits per heavy atom. The molecule has 0 aliphatic rings. The van der Waals surface area contributed by atoms with Crippen molar-refractivity contribution < 1.29 is 43.4 Å². The van der Waals surface area contributed by atoms with Crippen LogP contribution < -0.4 is 32.7 Å². The number of aliphatic hydroxyl groups is 1. The van der Waals surface area contributed by atoms with E-state index in [0.717, 1.165) is 5.56 Å². The number of amides is 7. The fourth-order valence-electron chi connectivity index (χ4n) is 4.92. The van der Waals surface area contributed by atoms with Gasteiger partial charge in [-0.15, -0.1) is 0 Å². The predicted molar refractivity (Wildman–Crippen MR) is 187 cm³/mol. The van der Waals surface area contributed by atoms with Crippen LogP contribution in [0.2, 0.25) is 0 Å². The van der Waals surface area contributed by atoms with Crippen LogP contribution in [0.1, 0.15) is 23.1 Å². The minimum absolute atomic E-state index is 0.139. The number of ether oxygens (including phenoxy) is 1. The van der Waals surface area contributed by atoms with Crippen molar-refractivity contribution in [1.29, 1.82) is 0 Å². The monoisotopic (exact) mass is 717 g/mol. The Kier molecular flexibility index (Phi) is 16.4. The molecule has 0 saturated carbocycles. The van der Waals surface area contributed by atoms with E-state index in [0.29, 0.717) is 22.4 Å². The van der Waals surface area contributed by atoms with Crippen LogP contribution in [0.3, 0.4) is 0 Å². The smallest absolute Gasteiger partial charge is 0.417 e. The number of nitrogens with zero attached hydrogens (tertiary/aromatic N) is 1. The molecule has 0 bridgehead atoms. The summed E-state index contributed by atoms with van der Waals surface area (Å²) in [7, 11) is 0. The maximum Gasteiger partial charge on any atom is 0.417 e. The molecular weight excluding hydrogens is 674 g/mol. The van der Waals surface area contributed by atoms with Gasteiger partial charge < -0.3 is 42.6 Å². The quantitative estimate of drug-likeness (QED) is 0.0799. The van der Waals surface area contributed by atoms with E-state index in [1.807, 2.05) is 30.3 Å². The van der Waals surface area contributed by atoms with Crippen LogP contribution >= 0.6 is 0 Å². The van der Waals surface area contributed by atoms with Crippen LogP contribution in [0.4, 0.5) is 4.79 Å². The molecule has 276 valence electrons. The Labute approximate surface area is 300 Å². The summed E-state index contributed by atoms with van der Waals surface area (Å²) in [6, 6.07) is 21.3. The van der Waals surface area contributed by atoms with Gasteiger partial charge in [-0.3, -0.25) is 28.8 Å². The number of imide groups is 1. The highest BCUT2D eigenvalue weighted by Crippen LogP contribution is 2.16. The van der Waals surface area contributed by atoms with Crippen molar-refractivity contribution in [3.05, 3.63) is 108 Å². The van der Waals surface area contributed by atoms with Gasteiger partial charge in [0.25, 0.3) is 5.91 Å². The molecule has 0 aromatic heterocycles. The van der Waals surface area contributed by atoms with Gasteiger partial charge >= 0.3 is 6.09 Å². The SMILES string of the molecule is NCC(=O)NCC(=O)N[C@@H](CO)C(=O)N[C@@H](CC(N)=O)C(=O)N(C(=O)OCc1ccccc1)[C@@H](Cc1ccccc1)C(=O)NCCc1ccccc1. The van der Waals surface area contributed by atoms with E-state index in [1.54, 1.807) is 60.7 Å². The highest BCUT2D eigenvalue weighted by Gasteiger charge is 2.41. The lowest BCUT2D eigenvalue weighted by Crippen LogP contribution is -2.61. The molecule has 3 atom stereocenters. The molecule has 0 aliphatic heterocycles. The Bertz CT molecular complexity index is 1660. The average Bonchev–Trinajstić information content (AvgIpc) is 3.15. The molecule has 0 heterocycles. The summed E-state index contributed by atoms with van der Waals surface area (Å²) in [4.78, 5) is 91.9. The molecule has 16 heteroatoms. The van der Waals surface area contributed by atoms with Crippen LogP contribution in [0, 0.1) is 0 Å². The molecule has 3 rings (SSSR count). The van der Waals surface area contributed by atoms with Crippen LogP contribution in [0.5, 0.6) is 0 Å². The van der Waals surface area contributed by atoms with Gasteiger partial charge in [-0.2, -0.15) is 0 Å². The van der Waals surface area contributed by atoms with Crippen molar-refractivity contribution in [2.24, 2.45) is 11.5 Å². The topological polar surface area (TPSA) is 252 Å². The Hall–Kier alpha value is -6.13. The molecule has 0 unspecified atom stereocenters. The van der Waals surface area contributed by atoms with E-state index in [1.165, 1.54) is 0 Å². The number of primary amides is 1. The summed E-state index contributed by atoms with van der Waals surface area (Å²) in [5, 5.41) is 19.3. The molecule has 0 fully saturated rings. The van der Waals surface area contributed by atoms with Crippen molar-refractivity contribution in [3.63, 3.8) is 0 Å². The van der Waals surface area contributed by atoms with Crippen LogP contribution in [0.15, 0.2) is 91.0 Å². The molecule has 9 N–H and O–H groups in total. The summed E-state index contributed by atoms with van der Waals surface area (Å²) in [5.74, 6) is -5.67. The second-order valence-electron chi connectivity index (χ2n) is 11.5. The summed E-state index contributed by atoms with van der Waals surface area (Å²) >= 11 is 0. The zero-order valence-corrected chi connectivity index (χ0v) is 28.4. The van der Waals surface area contributed by atoms with E-state index in [9.17, 15) is 38.7 Å². The van der Waals surface area contributed by atoms with Crippen molar-refractivity contribution in [3.8, 4) is 0 Å². The first-order valence-electron chi connectivity index (χ1n) is 16.4. The van der Waals surface area contributed by atoms with Crippen molar-refractivity contribution >= 4 is 41.5 Å². The van der Waals surface area contributed by atoms with Crippen LogP contribution in [0.25, 0.3) is 0 Å². The second kappa shape index (κ2) is 21.2. The number of nitrogens with one attached hydrogen (secondary N) is 4.